The molecule has 96 valence electrons. The third kappa shape index (κ3) is 2.02. The summed E-state index contributed by atoms with van der Waals surface area (Å²) < 4.78 is 4.78. The van der Waals surface area contributed by atoms with E-state index in [-0.39, 0.29) is 23.2 Å². The average Bonchev–Trinajstić information content (AvgIpc) is 2.71. The number of rotatable bonds is 3. The molecule has 8 nitrogen and oxygen atoms in total. The van der Waals surface area contributed by atoms with Crippen molar-refractivity contribution in [3.05, 3.63) is 11.6 Å². The topological polar surface area (TPSA) is 104 Å². The molecule has 2 heterocycles. The number of carboxylic acids is 1. The quantitative estimate of drug-likeness (QED) is 0.682. The molecule has 9 heteroatoms. The summed E-state index contributed by atoms with van der Waals surface area (Å²) >= 11 is 5.70. The number of hydrogen-bond donors (Lipinski definition) is 2. The average molecular weight is 273 g/mol. The van der Waals surface area contributed by atoms with Crippen molar-refractivity contribution >= 4 is 34.5 Å². The number of hydrogen-bond acceptors (Lipinski definition) is 7. The Balaban J connectivity index is 2.27. The lowest BCUT2D eigenvalue weighted by Crippen LogP contribution is -2.45. The lowest BCUT2D eigenvalue weighted by Gasteiger charge is -2.24. The van der Waals surface area contributed by atoms with Crippen LogP contribution in [0.15, 0.2) is 21.9 Å². The first-order chi connectivity index (χ1) is 8.54. The summed E-state index contributed by atoms with van der Waals surface area (Å²) in [5, 5.41) is 17.6. The summed E-state index contributed by atoms with van der Waals surface area (Å²) in [7, 11) is 0. The lowest BCUT2D eigenvalue weighted by molar-refractivity contribution is -0.136. The number of carbonyl (C=O) groups is 2. The molecular weight excluding hydrogens is 264 g/mol. The molecule has 0 aliphatic carbocycles. The molecule has 1 atom stereocenters. The lowest BCUT2D eigenvalue weighted by atomic mass is 10.2. The number of amidine groups is 1. The van der Waals surface area contributed by atoms with Crippen molar-refractivity contribution in [2.24, 2.45) is 10.2 Å². The zero-order valence-electron chi connectivity index (χ0n) is 9.25. The standard InChI is InChI=1S/C9H9ClN4O4/c1-2-18-9(17)7-12-11-6-4(8(15)16)3-5(10)13-14(6)7/h3,6,11H,2H2,1H3,(H,15,16)/t6-/m1/s1. The van der Waals surface area contributed by atoms with Gasteiger partial charge in [0.15, 0.2) is 6.17 Å². The van der Waals surface area contributed by atoms with Crippen molar-refractivity contribution in [1.29, 1.82) is 0 Å². The zero-order valence-corrected chi connectivity index (χ0v) is 10.0. The monoisotopic (exact) mass is 272 g/mol. The van der Waals surface area contributed by atoms with Gasteiger partial charge in [-0.25, -0.2) is 14.6 Å². The Labute approximate surface area is 107 Å². The summed E-state index contributed by atoms with van der Waals surface area (Å²) in [4.78, 5) is 22.6. The second-order valence-electron chi connectivity index (χ2n) is 3.36. The summed E-state index contributed by atoms with van der Waals surface area (Å²) in [5.74, 6) is -2.01. The fraction of sp³-hybridized carbons (Fsp3) is 0.333. The van der Waals surface area contributed by atoms with Crippen LogP contribution in [0, 0.1) is 0 Å². The molecule has 0 radical (unpaired) electrons. The Morgan fingerprint density at radius 2 is 2.39 bits per heavy atom. The SMILES string of the molecule is CCOC(=O)C1=NN[C@H]2C(C(=O)O)=CC(Cl)=NN12. The first kappa shape index (κ1) is 12.4. The molecule has 2 N–H and O–H groups in total. The van der Waals surface area contributed by atoms with E-state index < -0.39 is 18.1 Å². The number of nitrogens with one attached hydrogen (secondary N) is 1. The van der Waals surface area contributed by atoms with Crippen molar-refractivity contribution in [3.63, 3.8) is 0 Å². The Morgan fingerprint density at radius 1 is 1.67 bits per heavy atom. The second kappa shape index (κ2) is 4.65. The van der Waals surface area contributed by atoms with Crippen LogP contribution in [-0.4, -0.2) is 45.8 Å². The number of halogens is 1. The molecule has 2 aliphatic rings. The number of hydrazone groups is 2. The molecule has 0 aromatic heterocycles. The molecule has 2 aliphatic heterocycles. The summed E-state index contributed by atoms with van der Waals surface area (Å²) in [6.45, 7) is 1.82. The van der Waals surface area contributed by atoms with Crippen molar-refractivity contribution in [2.75, 3.05) is 6.61 Å². The van der Waals surface area contributed by atoms with Crippen molar-refractivity contribution in [1.82, 2.24) is 10.4 Å². The van der Waals surface area contributed by atoms with Crippen LogP contribution in [0.3, 0.4) is 0 Å². The maximum absolute atomic E-state index is 11.6. The molecule has 0 amide bonds. The summed E-state index contributed by atoms with van der Waals surface area (Å²) in [5.41, 5.74) is 2.44. The van der Waals surface area contributed by atoms with Gasteiger partial charge in [0.05, 0.1) is 12.2 Å². The van der Waals surface area contributed by atoms with E-state index in [1.165, 1.54) is 6.08 Å². The highest BCUT2D eigenvalue weighted by molar-refractivity contribution is 6.68. The minimum atomic E-state index is -1.18. The van der Waals surface area contributed by atoms with Gasteiger partial charge < -0.3 is 9.84 Å². The smallest absolute Gasteiger partial charge is 0.377 e. The fourth-order valence-corrected chi connectivity index (χ4v) is 1.71. The first-order valence-electron chi connectivity index (χ1n) is 5.03. The van der Waals surface area contributed by atoms with Crippen LogP contribution < -0.4 is 5.43 Å². The summed E-state index contributed by atoms with van der Waals surface area (Å²) in [6.07, 6.45) is 0.339. The van der Waals surface area contributed by atoms with Gasteiger partial charge in [0, 0.05) is 0 Å². The maximum atomic E-state index is 11.6. The molecule has 0 unspecified atom stereocenters. The van der Waals surface area contributed by atoms with Gasteiger partial charge in [-0.15, -0.1) is 0 Å². The number of allylic oxidation sites excluding steroid dienone is 1. The Bertz CT molecular complexity index is 499. The maximum Gasteiger partial charge on any atom is 0.377 e. The van der Waals surface area contributed by atoms with E-state index in [2.05, 4.69) is 15.6 Å². The fourth-order valence-electron chi connectivity index (χ4n) is 1.51. The number of nitrogens with zero attached hydrogens (tertiary/aromatic N) is 3. The predicted molar refractivity (Wildman–Crippen MR) is 61.8 cm³/mol. The first-order valence-corrected chi connectivity index (χ1v) is 5.41. The van der Waals surface area contributed by atoms with Gasteiger partial charge in [0.1, 0.15) is 5.17 Å². The van der Waals surface area contributed by atoms with Crippen molar-refractivity contribution in [3.8, 4) is 0 Å². The predicted octanol–water partition coefficient (Wildman–Crippen LogP) is -0.329. The van der Waals surface area contributed by atoms with Crippen molar-refractivity contribution in [2.45, 2.75) is 13.1 Å². The Morgan fingerprint density at radius 3 is 3.00 bits per heavy atom. The number of esters is 1. The molecule has 0 spiro atoms. The van der Waals surface area contributed by atoms with Gasteiger partial charge in [-0.3, -0.25) is 5.43 Å². The Kier molecular flexibility index (Phi) is 3.19. The van der Waals surface area contributed by atoms with Gasteiger partial charge in [0.25, 0.3) is 5.84 Å². The van der Waals surface area contributed by atoms with Gasteiger partial charge in [-0.2, -0.15) is 10.2 Å². The van der Waals surface area contributed by atoms with E-state index >= 15 is 0 Å². The van der Waals surface area contributed by atoms with Gasteiger partial charge >= 0.3 is 11.9 Å². The van der Waals surface area contributed by atoms with Gasteiger partial charge in [0.2, 0.25) is 0 Å². The highest BCUT2D eigenvalue weighted by Crippen LogP contribution is 2.21. The van der Waals surface area contributed by atoms with Crippen LogP contribution >= 0.6 is 11.6 Å². The van der Waals surface area contributed by atoms with E-state index in [0.717, 1.165) is 5.01 Å². The third-order valence-corrected chi connectivity index (χ3v) is 2.42. The second-order valence-corrected chi connectivity index (χ2v) is 3.75. The molecular formula is C9H9ClN4O4. The molecule has 0 saturated heterocycles. The van der Waals surface area contributed by atoms with Crippen molar-refractivity contribution < 1.29 is 19.4 Å². The van der Waals surface area contributed by atoms with Crippen LogP contribution in [0.2, 0.25) is 0 Å². The van der Waals surface area contributed by atoms with Crippen LogP contribution in [0.25, 0.3) is 0 Å². The normalized spacial score (nSPS) is 21.3. The van der Waals surface area contributed by atoms with E-state index in [0.29, 0.717) is 0 Å². The van der Waals surface area contributed by atoms with Crippen LogP contribution in [0.1, 0.15) is 6.92 Å². The minimum absolute atomic E-state index is 0.0515. The number of carbonyl (C=O) groups excluding carboxylic acids is 1. The largest absolute Gasteiger partial charge is 0.478 e. The molecule has 0 aromatic rings. The van der Waals surface area contributed by atoms with E-state index in [1.54, 1.807) is 6.92 Å². The molecule has 18 heavy (non-hydrogen) atoms. The summed E-state index contributed by atoms with van der Waals surface area (Å²) in [6, 6.07) is 0. The number of aliphatic carboxylic acids is 1. The molecule has 0 bridgehead atoms. The number of fused-ring (bicyclic) bond motifs is 1. The minimum Gasteiger partial charge on any atom is -0.478 e. The highest BCUT2D eigenvalue weighted by atomic mass is 35.5. The molecule has 2 rings (SSSR count). The molecule has 0 saturated carbocycles. The molecule has 0 aromatic carbocycles. The highest BCUT2D eigenvalue weighted by Gasteiger charge is 2.40. The molecule has 0 fully saturated rings. The van der Waals surface area contributed by atoms with Gasteiger partial charge in [-0.1, -0.05) is 11.6 Å². The third-order valence-electron chi connectivity index (χ3n) is 2.23. The van der Waals surface area contributed by atoms with E-state index in [1.807, 2.05) is 0 Å². The van der Waals surface area contributed by atoms with E-state index in [4.69, 9.17) is 21.4 Å². The van der Waals surface area contributed by atoms with Crippen LogP contribution in [-0.2, 0) is 14.3 Å². The van der Waals surface area contributed by atoms with Crippen LogP contribution in [0.5, 0.6) is 0 Å². The van der Waals surface area contributed by atoms with Gasteiger partial charge in [-0.05, 0) is 13.0 Å². The number of ether oxygens (including phenoxy) is 1. The van der Waals surface area contributed by atoms with Crippen LogP contribution in [0.4, 0.5) is 0 Å². The van der Waals surface area contributed by atoms with E-state index in [9.17, 15) is 9.59 Å². The zero-order chi connectivity index (χ0) is 13.3. The Hall–Kier alpha value is -2.09. The number of carboxylic acid groups (broad SMARTS) is 1.